The number of benzene rings is 2. The molecule has 0 radical (unpaired) electrons. The number of nitrogens with zero attached hydrogens (tertiary/aromatic N) is 3. The highest BCUT2D eigenvalue weighted by Crippen LogP contribution is 2.42. The summed E-state index contributed by atoms with van der Waals surface area (Å²) in [4.78, 5) is 6.88. The second-order valence-electron chi connectivity index (χ2n) is 8.03. The van der Waals surface area contributed by atoms with E-state index in [0.29, 0.717) is 0 Å². The Bertz CT molecular complexity index is 1200. The minimum Gasteiger partial charge on any atom is -0.351 e. The summed E-state index contributed by atoms with van der Waals surface area (Å²) >= 11 is 5.84. The fourth-order valence-corrected chi connectivity index (χ4v) is 4.76. The molecule has 5 heteroatoms. The Morgan fingerprint density at radius 1 is 0.871 bits per heavy atom. The van der Waals surface area contributed by atoms with Crippen molar-refractivity contribution in [2.45, 2.75) is 25.9 Å². The average Bonchev–Trinajstić information content (AvgIpc) is 3.39. The van der Waals surface area contributed by atoms with Gasteiger partial charge in [0, 0.05) is 30.0 Å². The highest BCUT2D eigenvalue weighted by molar-refractivity contribution is 7.80. The van der Waals surface area contributed by atoms with Gasteiger partial charge in [0.1, 0.15) is 0 Å². The SMILES string of the molecule is Cc1cc(C)cc(N2C(=S)N[C@H](c3ccccn3)[C@@H]2c2ccn(-c3ccccc3)c2)c1. The topological polar surface area (TPSA) is 33.1 Å². The van der Waals surface area contributed by atoms with Crippen LogP contribution in [0.3, 0.4) is 0 Å². The van der Waals surface area contributed by atoms with Crippen LogP contribution in [0.1, 0.15) is 34.5 Å². The highest BCUT2D eigenvalue weighted by Gasteiger charge is 2.41. The van der Waals surface area contributed by atoms with Crippen LogP contribution in [0.4, 0.5) is 5.69 Å². The first-order chi connectivity index (χ1) is 15.1. The van der Waals surface area contributed by atoms with E-state index in [0.717, 1.165) is 22.2 Å². The summed E-state index contributed by atoms with van der Waals surface area (Å²) in [6.45, 7) is 4.25. The van der Waals surface area contributed by atoms with Gasteiger partial charge >= 0.3 is 0 Å². The third-order valence-corrected chi connectivity index (χ3v) is 6.01. The molecule has 1 saturated heterocycles. The molecule has 154 valence electrons. The third kappa shape index (κ3) is 3.73. The second kappa shape index (κ2) is 8.00. The Labute approximate surface area is 188 Å². The van der Waals surface area contributed by atoms with Crippen molar-refractivity contribution in [2.24, 2.45) is 0 Å². The number of hydrogen-bond acceptors (Lipinski definition) is 2. The van der Waals surface area contributed by atoms with Crippen LogP contribution in [0.5, 0.6) is 0 Å². The van der Waals surface area contributed by atoms with E-state index < -0.39 is 0 Å². The number of anilines is 1. The molecule has 1 aliphatic heterocycles. The van der Waals surface area contributed by atoms with Gasteiger partial charge in [-0.05, 0) is 85.2 Å². The molecular weight excluding hydrogens is 400 g/mol. The standard InChI is InChI=1S/C26H24N4S/c1-18-14-19(2)16-22(15-18)30-25(24(28-26(30)31)23-10-6-7-12-27-23)20-11-13-29(17-20)21-8-4-3-5-9-21/h3-17,24-25H,1-2H3,(H,28,31)/t24-,25+/m1/s1. The molecule has 0 amide bonds. The molecule has 2 aromatic heterocycles. The Kier molecular flexibility index (Phi) is 5.04. The van der Waals surface area contributed by atoms with Crippen LogP contribution in [0.2, 0.25) is 0 Å². The van der Waals surface area contributed by atoms with Gasteiger partial charge in [-0.1, -0.05) is 30.3 Å². The van der Waals surface area contributed by atoms with Crippen molar-refractivity contribution in [3.8, 4) is 5.69 Å². The number of thiocarbonyl (C=S) groups is 1. The summed E-state index contributed by atoms with van der Waals surface area (Å²) in [5.74, 6) is 0. The zero-order valence-electron chi connectivity index (χ0n) is 17.6. The monoisotopic (exact) mass is 424 g/mol. The summed E-state index contributed by atoms with van der Waals surface area (Å²) in [6, 6.07) is 25.1. The Hall–Kier alpha value is -3.44. The maximum absolute atomic E-state index is 5.84. The lowest BCUT2D eigenvalue weighted by Crippen LogP contribution is -2.29. The van der Waals surface area contributed by atoms with E-state index in [1.165, 1.54) is 16.7 Å². The molecule has 1 N–H and O–H groups in total. The van der Waals surface area contributed by atoms with Crippen molar-refractivity contribution in [1.29, 1.82) is 0 Å². The molecule has 1 aliphatic rings. The molecule has 0 aliphatic carbocycles. The molecule has 2 atom stereocenters. The van der Waals surface area contributed by atoms with Gasteiger partial charge in [0.2, 0.25) is 0 Å². The van der Waals surface area contributed by atoms with Crippen LogP contribution in [0.15, 0.2) is 91.4 Å². The first-order valence-electron chi connectivity index (χ1n) is 10.4. The summed E-state index contributed by atoms with van der Waals surface area (Å²) < 4.78 is 2.16. The molecule has 2 aromatic carbocycles. The van der Waals surface area contributed by atoms with Gasteiger partial charge < -0.3 is 14.8 Å². The van der Waals surface area contributed by atoms with Crippen molar-refractivity contribution in [3.63, 3.8) is 0 Å². The number of nitrogens with one attached hydrogen (secondary N) is 1. The van der Waals surface area contributed by atoms with E-state index >= 15 is 0 Å². The molecule has 0 spiro atoms. The van der Waals surface area contributed by atoms with Crippen LogP contribution >= 0.6 is 12.2 Å². The van der Waals surface area contributed by atoms with Crippen molar-refractivity contribution in [1.82, 2.24) is 14.9 Å². The summed E-state index contributed by atoms with van der Waals surface area (Å²) in [5, 5.41) is 4.26. The number of aryl methyl sites for hydroxylation is 2. The van der Waals surface area contributed by atoms with Gasteiger partial charge in [-0.3, -0.25) is 4.98 Å². The Morgan fingerprint density at radius 2 is 1.61 bits per heavy atom. The molecule has 0 saturated carbocycles. The number of hydrogen-bond donors (Lipinski definition) is 1. The van der Waals surface area contributed by atoms with E-state index in [1.807, 2.05) is 24.4 Å². The quantitative estimate of drug-likeness (QED) is 0.428. The molecule has 0 unspecified atom stereocenters. The molecule has 31 heavy (non-hydrogen) atoms. The lowest BCUT2D eigenvalue weighted by molar-refractivity contribution is 0.568. The highest BCUT2D eigenvalue weighted by atomic mass is 32.1. The fourth-order valence-electron chi connectivity index (χ4n) is 4.41. The Balaban J connectivity index is 1.62. The third-order valence-electron chi connectivity index (χ3n) is 5.69. The predicted molar refractivity (Wildman–Crippen MR) is 130 cm³/mol. The molecule has 0 bridgehead atoms. The van der Waals surface area contributed by atoms with Crippen LogP contribution in [-0.4, -0.2) is 14.7 Å². The van der Waals surface area contributed by atoms with Crippen LogP contribution < -0.4 is 10.2 Å². The van der Waals surface area contributed by atoms with E-state index in [2.05, 4.69) is 101 Å². The normalized spacial score (nSPS) is 18.3. The molecule has 4 nitrogen and oxygen atoms in total. The number of aromatic nitrogens is 2. The van der Waals surface area contributed by atoms with Crippen molar-refractivity contribution >= 4 is 23.0 Å². The van der Waals surface area contributed by atoms with Crippen molar-refractivity contribution < 1.29 is 0 Å². The minimum atomic E-state index is -0.0406. The second-order valence-corrected chi connectivity index (χ2v) is 8.42. The lowest BCUT2D eigenvalue weighted by Gasteiger charge is -2.28. The van der Waals surface area contributed by atoms with Crippen molar-refractivity contribution in [3.05, 3.63) is 114 Å². The van der Waals surface area contributed by atoms with Gasteiger partial charge in [0.15, 0.2) is 5.11 Å². The van der Waals surface area contributed by atoms with E-state index in [9.17, 15) is 0 Å². The van der Waals surface area contributed by atoms with Gasteiger partial charge in [0.25, 0.3) is 0 Å². The Morgan fingerprint density at radius 3 is 2.32 bits per heavy atom. The molecule has 5 rings (SSSR count). The van der Waals surface area contributed by atoms with E-state index in [1.54, 1.807) is 0 Å². The van der Waals surface area contributed by atoms with Gasteiger partial charge in [0.05, 0.1) is 17.8 Å². The number of para-hydroxylation sites is 1. The van der Waals surface area contributed by atoms with Gasteiger partial charge in [-0.2, -0.15) is 0 Å². The zero-order chi connectivity index (χ0) is 21.4. The fraction of sp³-hybridized carbons (Fsp3) is 0.154. The van der Waals surface area contributed by atoms with Crippen LogP contribution in [0.25, 0.3) is 5.69 Å². The van der Waals surface area contributed by atoms with Crippen LogP contribution in [-0.2, 0) is 0 Å². The first-order valence-corrected chi connectivity index (χ1v) is 10.8. The predicted octanol–water partition coefficient (Wildman–Crippen LogP) is 5.67. The maximum Gasteiger partial charge on any atom is 0.174 e. The van der Waals surface area contributed by atoms with E-state index in [4.69, 9.17) is 12.2 Å². The van der Waals surface area contributed by atoms with Gasteiger partial charge in [-0.15, -0.1) is 0 Å². The first kappa shape index (κ1) is 19.5. The number of pyridine rings is 1. The zero-order valence-corrected chi connectivity index (χ0v) is 18.4. The largest absolute Gasteiger partial charge is 0.351 e. The average molecular weight is 425 g/mol. The van der Waals surface area contributed by atoms with Gasteiger partial charge in [-0.25, -0.2) is 0 Å². The summed E-state index contributed by atoms with van der Waals surface area (Å²) in [5.41, 5.74) is 6.85. The lowest BCUT2D eigenvalue weighted by atomic mass is 9.98. The number of rotatable bonds is 4. The molecule has 1 fully saturated rings. The minimum absolute atomic E-state index is 0.00596. The van der Waals surface area contributed by atoms with Crippen molar-refractivity contribution in [2.75, 3.05) is 4.90 Å². The molecular formula is C26H24N4S. The summed E-state index contributed by atoms with van der Waals surface area (Å²) in [6.07, 6.45) is 6.15. The smallest absolute Gasteiger partial charge is 0.174 e. The summed E-state index contributed by atoms with van der Waals surface area (Å²) in [7, 11) is 0. The molecule has 3 heterocycles. The maximum atomic E-state index is 5.84. The van der Waals surface area contributed by atoms with E-state index in [-0.39, 0.29) is 12.1 Å². The van der Waals surface area contributed by atoms with Crippen LogP contribution in [0, 0.1) is 13.8 Å². The molecule has 4 aromatic rings.